The fraction of sp³-hybridized carbons (Fsp3) is 0.130. The van der Waals surface area contributed by atoms with E-state index >= 15 is 0 Å². The topological polar surface area (TPSA) is 55.1 Å². The summed E-state index contributed by atoms with van der Waals surface area (Å²) in [7, 11) is 1.52. The molecule has 0 aliphatic carbocycles. The van der Waals surface area contributed by atoms with Crippen LogP contribution in [0.4, 0.5) is 13.2 Å². The molecule has 3 aromatic rings. The fourth-order valence-corrected chi connectivity index (χ4v) is 2.68. The average molecular weight is 410 g/mol. The molecular formula is C23H17F3N2O2. The molecule has 0 atom stereocenters. The lowest BCUT2D eigenvalue weighted by molar-refractivity contribution is -0.137. The Morgan fingerprint density at radius 1 is 1.07 bits per heavy atom. The molecule has 0 N–H and O–H groups in total. The van der Waals surface area contributed by atoms with Crippen LogP contribution in [-0.4, -0.2) is 12.1 Å². The van der Waals surface area contributed by atoms with Crippen molar-refractivity contribution in [3.8, 4) is 17.6 Å². The Bertz CT molecular complexity index is 1070. The van der Waals surface area contributed by atoms with Crippen LogP contribution < -0.4 is 9.47 Å². The Hall–Kier alpha value is -3.79. The maximum atomic E-state index is 12.7. The Labute approximate surface area is 171 Å². The number of alkyl halides is 3. The highest BCUT2D eigenvalue weighted by Crippen LogP contribution is 2.31. The van der Waals surface area contributed by atoms with E-state index in [-0.39, 0.29) is 11.3 Å². The molecule has 1 heterocycles. The molecule has 0 unspecified atom stereocenters. The predicted molar refractivity (Wildman–Crippen MR) is 106 cm³/mol. The van der Waals surface area contributed by atoms with Gasteiger partial charge in [0.2, 0.25) is 0 Å². The van der Waals surface area contributed by atoms with E-state index in [9.17, 15) is 18.4 Å². The van der Waals surface area contributed by atoms with E-state index in [1.165, 1.54) is 19.3 Å². The van der Waals surface area contributed by atoms with E-state index < -0.39 is 11.7 Å². The predicted octanol–water partition coefficient (Wildman–Crippen LogP) is 5.75. The van der Waals surface area contributed by atoms with Crippen LogP contribution in [0.25, 0.3) is 11.6 Å². The highest BCUT2D eigenvalue weighted by atomic mass is 19.4. The summed E-state index contributed by atoms with van der Waals surface area (Å²) in [5, 5.41) is 9.46. The van der Waals surface area contributed by atoms with Crippen LogP contribution in [0.2, 0.25) is 0 Å². The van der Waals surface area contributed by atoms with Crippen LogP contribution in [-0.2, 0) is 12.8 Å². The summed E-state index contributed by atoms with van der Waals surface area (Å²) in [6.45, 7) is 0.329. The van der Waals surface area contributed by atoms with Crippen molar-refractivity contribution >= 4 is 11.6 Å². The minimum absolute atomic E-state index is 0.128. The zero-order valence-electron chi connectivity index (χ0n) is 16.0. The molecule has 1 aromatic heterocycles. The quantitative estimate of drug-likeness (QED) is 0.486. The van der Waals surface area contributed by atoms with Gasteiger partial charge in [-0.05, 0) is 41.5 Å². The average Bonchev–Trinajstić information content (AvgIpc) is 2.76. The summed E-state index contributed by atoms with van der Waals surface area (Å²) >= 11 is 0. The highest BCUT2D eigenvalue weighted by Gasteiger charge is 2.30. The van der Waals surface area contributed by atoms with E-state index in [0.29, 0.717) is 29.9 Å². The zero-order valence-corrected chi connectivity index (χ0v) is 16.0. The lowest BCUT2D eigenvalue weighted by atomic mass is 10.1. The Kier molecular flexibility index (Phi) is 6.38. The molecule has 3 rings (SSSR count). The minimum atomic E-state index is -4.48. The van der Waals surface area contributed by atoms with Gasteiger partial charge < -0.3 is 9.47 Å². The monoisotopic (exact) mass is 410 g/mol. The van der Waals surface area contributed by atoms with E-state index in [1.807, 2.05) is 36.4 Å². The number of ether oxygens (including phenoxy) is 2. The number of hydrogen-bond donors (Lipinski definition) is 0. The molecule has 0 fully saturated rings. The molecule has 0 saturated heterocycles. The fourth-order valence-electron chi connectivity index (χ4n) is 2.68. The Morgan fingerprint density at radius 3 is 2.43 bits per heavy atom. The molecular weight excluding hydrogens is 393 g/mol. The molecule has 0 spiro atoms. The van der Waals surface area contributed by atoms with Crippen molar-refractivity contribution < 1.29 is 22.6 Å². The summed E-state index contributed by atoms with van der Waals surface area (Å²) in [5.41, 5.74) is 1.00. The maximum absolute atomic E-state index is 12.7. The number of pyridine rings is 1. The summed E-state index contributed by atoms with van der Waals surface area (Å²) in [6.07, 6.45) is -2.24. The summed E-state index contributed by atoms with van der Waals surface area (Å²) in [6, 6.07) is 18.7. The lowest BCUT2D eigenvalue weighted by Crippen LogP contribution is -2.05. The third-order valence-corrected chi connectivity index (χ3v) is 4.22. The molecule has 0 amide bonds. The van der Waals surface area contributed by atoms with Crippen LogP contribution >= 0.6 is 0 Å². The molecule has 0 radical (unpaired) electrons. The van der Waals surface area contributed by atoms with Crippen molar-refractivity contribution in [3.05, 3.63) is 89.2 Å². The van der Waals surface area contributed by atoms with Crippen LogP contribution in [0.5, 0.6) is 11.5 Å². The third-order valence-electron chi connectivity index (χ3n) is 4.22. The maximum Gasteiger partial charge on any atom is 0.417 e. The van der Waals surface area contributed by atoms with Crippen LogP contribution in [0.15, 0.2) is 66.9 Å². The first-order chi connectivity index (χ1) is 14.4. The molecule has 0 aliphatic rings. The number of halogens is 3. The van der Waals surface area contributed by atoms with Gasteiger partial charge in [-0.25, -0.2) is 0 Å². The van der Waals surface area contributed by atoms with Crippen molar-refractivity contribution in [1.82, 2.24) is 4.98 Å². The number of aromatic nitrogens is 1. The van der Waals surface area contributed by atoms with Crippen molar-refractivity contribution in [1.29, 1.82) is 5.26 Å². The van der Waals surface area contributed by atoms with Crippen LogP contribution in [0, 0.1) is 11.3 Å². The zero-order chi connectivity index (χ0) is 21.6. The number of nitrogens with zero attached hydrogens (tertiary/aromatic N) is 2. The van der Waals surface area contributed by atoms with Gasteiger partial charge in [-0.2, -0.15) is 18.4 Å². The standard InChI is InChI=1S/C23H17F3N2O2/c1-29-21-10-7-17(12-22(21)30-15-16-5-3-2-4-6-16)11-18(13-27)20-9-8-19(14-28-20)23(24,25)26/h2-12,14H,15H2,1H3/b18-11+. The molecule has 4 nitrogen and oxygen atoms in total. The first-order valence-corrected chi connectivity index (χ1v) is 8.91. The number of hydrogen-bond acceptors (Lipinski definition) is 4. The number of rotatable bonds is 6. The number of benzene rings is 2. The van der Waals surface area contributed by atoms with Crippen molar-refractivity contribution in [3.63, 3.8) is 0 Å². The van der Waals surface area contributed by atoms with Crippen LogP contribution in [0.3, 0.4) is 0 Å². The van der Waals surface area contributed by atoms with Gasteiger partial charge in [-0.3, -0.25) is 4.98 Å². The minimum Gasteiger partial charge on any atom is -0.493 e. The molecule has 0 aliphatic heterocycles. The van der Waals surface area contributed by atoms with E-state index in [0.717, 1.165) is 11.6 Å². The van der Waals surface area contributed by atoms with Gasteiger partial charge in [0, 0.05) is 6.20 Å². The van der Waals surface area contributed by atoms with Crippen molar-refractivity contribution in [2.75, 3.05) is 7.11 Å². The smallest absolute Gasteiger partial charge is 0.417 e. The first kappa shape index (κ1) is 20.9. The van der Waals surface area contributed by atoms with E-state index in [2.05, 4.69) is 4.98 Å². The van der Waals surface area contributed by atoms with Gasteiger partial charge in [0.05, 0.1) is 23.9 Å². The molecule has 152 valence electrons. The van der Waals surface area contributed by atoms with E-state index in [4.69, 9.17) is 9.47 Å². The first-order valence-electron chi connectivity index (χ1n) is 8.91. The molecule has 0 saturated carbocycles. The Morgan fingerprint density at radius 2 is 1.83 bits per heavy atom. The SMILES string of the molecule is COc1ccc(/C=C(\C#N)c2ccc(C(F)(F)F)cn2)cc1OCc1ccccc1. The third kappa shape index (κ3) is 5.17. The molecule has 30 heavy (non-hydrogen) atoms. The van der Waals surface area contributed by atoms with Gasteiger partial charge in [-0.1, -0.05) is 36.4 Å². The van der Waals surface area contributed by atoms with Gasteiger partial charge >= 0.3 is 6.18 Å². The number of allylic oxidation sites excluding steroid dienone is 1. The largest absolute Gasteiger partial charge is 0.493 e. The molecule has 0 bridgehead atoms. The summed E-state index contributed by atoms with van der Waals surface area (Å²) < 4.78 is 49.3. The lowest BCUT2D eigenvalue weighted by Gasteiger charge is -2.12. The normalized spacial score (nSPS) is 11.6. The summed E-state index contributed by atoms with van der Waals surface area (Å²) in [5.74, 6) is 1.00. The Balaban J connectivity index is 1.86. The van der Waals surface area contributed by atoms with Crippen molar-refractivity contribution in [2.45, 2.75) is 12.8 Å². The second-order valence-electron chi connectivity index (χ2n) is 6.28. The summed E-state index contributed by atoms with van der Waals surface area (Å²) in [4.78, 5) is 3.78. The van der Waals surface area contributed by atoms with E-state index in [1.54, 1.807) is 18.2 Å². The van der Waals surface area contributed by atoms with Gasteiger partial charge in [-0.15, -0.1) is 0 Å². The van der Waals surface area contributed by atoms with Gasteiger partial charge in [0.15, 0.2) is 11.5 Å². The molecule has 7 heteroatoms. The highest BCUT2D eigenvalue weighted by molar-refractivity contribution is 5.88. The molecule has 2 aromatic carbocycles. The second kappa shape index (κ2) is 9.14. The van der Waals surface area contributed by atoms with Gasteiger partial charge in [0.1, 0.15) is 12.7 Å². The number of methoxy groups -OCH3 is 1. The number of nitriles is 1. The van der Waals surface area contributed by atoms with Crippen molar-refractivity contribution in [2.24, 2.45) is 0 Å². The van der Waals surface area contributed by atoms with Gasteiger partial charge in [0.25, 0.3) is 0 Å². The second-order valence-corrected chi connectivity index (χ2v) is 6.28. The van der Waals surface area contributed by atoms with Crippen LogP contribution in [0.1, 0.15) is 22.4 Å².